The van der Waals surface area contributed by atoms with Crippen molar-refractivity contribution in [2.45, 2.75) is 0 Å². The molecule has 2 N–H and O–H groups in total. The van der Waals surface area contributed by atoms with Gasteiger partial charge in [0.25, 0.3) is 5.91 Å². The Morgan fingerprint density at radius 3 is 2.42 bits per heavy atom. The lowest BCUT2D eigenvalue weighted by atomic mass is 10.2. The van der Waals surface area contributed by atoms with Gasteiger partial charge in [-0.25, -0.2) is 0 Å². The number of nitrogens with two attached hydrogens (primary N) is 1. The monoisotopic (exact) mass is 323 g/mol. The first kappa shape index (κ1) is 15.5. The number of hydrogen-bond acceptors (Lipinski definition) is 5. The first-order valence-corrected chi connectivity index (χ1v) is 7.30. The fourth-order valence-corrected chi connectivity index (χ4v) is 2.28. The average molecular weight is 323 g/mol. The lowest BCUT2D eigenvalue weighted by Gasteiger charge is -2.15. The summed E-state index contributed by atoms with van der Waals surface area (Å²) in [6.45, 7) is 0. The summed E-state index contributed by atoms with van der Waals surface area (Å²) in [5.41, 5.74) is 7.64. The molecule has 24 heavy (non-hydrogen) atoms. The predicted molar refractivity (Wildman–Crippen MR) is 91.5 cm³/mol. The molecule has 122 valence electrons. The molecule has 0 unspecified atom stereocenters. The summed E-state index contributed by atoms with van der Waals surface area (Å²) in [7, 11) is 3.26. The van der Waals surface area contributed by atoms with Crippen molar-refractivity contribution in [2.24, 2.45) is 0 Å². The third-order valence-electron chi connectivity index (χ3n) is 3.67. The van der Waals surface area contributed by atoms with Crippen LogP contribution in [-0.2, 0) is 0 Å². The number of anilines is 2. The van der Waals surface area contributed by atoms with E-state index in [1.807, 2.05) is 30.3 Å². The zero-order valence-electron chi connectivity index (χ0n) is 13.4. The maximum absolute atomic E-state index is 12.6. The topological polar surface area (TPSA) is 86.3 Å². The van der Waals surface area contributed by atoms with Crippen LogP contribution in [0.3, 0.4) is 0 Å². The molecule has 0 spiro atoms. The van der Waals surface area contributed by atoms with Crippen molar-refractivity contribution in [2.75, 3.05) is 24.8 Å². The second-order valence-electron chi connectivity index (χ2n) is 5.13. The van der Waals surface area contributed by atoms with Crippen molar-refractivity contribution < 1.29 is 9.53 Å². The van der Waals surface area contributed by atoms with E-state index in [2.05, 4.69) is 10.3 Å². The van der Waals surface area contributed by atoms with Gasteiger partial charge in [0.2, 0.25) is 0 Å². The molecule has 0 radical (unpaired) electrons. The number of carbonyl (C=O) groups excluding carboxylic acids is 1. The van der Waals surface area contributed by atoms with E-state index in [1.165, 1.54) is 9.58 Å². The molecule has 3 rings (SSSR count). The SMILES string of the molecule is COc1ccc(-n2nnc(C(=O)N(C)c3ccccc3)c2N)cc1. The van der Waals surface area contributed by atoms with Crippen LogP contribution < -0.4 is 15.4 Å². The lowest BCUT2D eigenvalue weighted by molar-refractivity contribution is 0.0989. The van der Waals surface area contributed by atoms with Gasteiger partial charge in [-0.1, -0.05) is 23.4 Å². The Labute approximate surface area is 139 Å². The molecule has 0 saturated heterocycles. The first-order chi connectivity index (χ1) is 11.6. The van der Waals surface area contributed by atoms with Gasteiger partial charge in [0, 0.05) is 12.7 Å². The molecular formula is C17H17N5O2. The molecule has 1 aromatic heterocycles. The lowest BCUT2D eigenvalue weighted by Crippen LogP contribution is -2.27. The third-order valence-corrected chi connectivity index (χ3v) is 3.67. The summed E-state index contributed by atoms with van der Waals surface area (Å²) < 4.78 is 6.54. The number of amides is 1. The number of carbonyl (C=O) groups is 1. The van der Waals surface area contributed by atoms with Crippen LogP contribution in [0.5, 0.6) is 5.75 Å². The molecule has 7 heteroatoms. The van der Waals surface area contributed by atoms with Gasteiger partial charge >= 0.3 is 0 Å². The van der Waals surface area contributed by atoms with Crippen molar-refractivity contribution in [1.29, 1.82) is 0 Å². The summed E-state index contributed by atoms with van der Waals surface area (Å²) >= 11 is 0. The van der Waals surface area contributed by atoms with Crippen LogP contribution in [0.4, 0.5) is 11.5 Å². The van der Waals surface area contributed by atoms with Gasteiger partial charge in [0.15, 0.2) is 11.5 Å². The fourth-order valence-electron chi connectivity index (χ4n) is 2.28. The van der Waals surface area contributed by atoms with Gasteiger partial charge in [-0.05, 0) is 36.4 Å². The molecule has 0 aliphatic heterocycles. The number of nitrogen functional groups attached to an aromatic ring is 1. The molecule has 1 amide bonds. The predicted octanol–water partition coefficient (Wildman–Crippen LogP) is 2.13. The molecular weight excluding hydrogens is 306 g/mol. The molecule has 0 aliphatic rings. The minimum atomic E-state index is -0.321. The van der Waals surface area contributed by atoms with E-state index in [4.69, 9.17) is 10.5 Å². The number of methoxy groups -OCH3 is 1. The van der Waals surface area contributed by atoms with Gasteiger partial charge < -0.3 is 15.4 Å². The minimum Gasteiger partial charge on any atom is -0.497 e. The highest BCUT2D eigenvalue weighted by molar-refractivity contribution is 6.07. The molecule has 0 atom stereocenters. The highest BCUT2D eigenvalue weighted by Crippen LogP contribution is 2.21. The van der Waals surface area contributed by atoms with E-state index in [1.54, 1.807) is 38.4 Å². The standard InChI is InChI=1S/C17H17N5O2/c1-21(12-6-4-3-5-7-12)17(23)15-16(18)22(20-19-15)13-8-10-14(24-2)11-9-13/h3-11H,18H2,1-2H3. The van der Waals surface area contributed by atoms with Crippen LogP contribution in [0, 0.1) is 0 Å². The second kappa shape index (κ2) is 6.41. The summed E-state index contributed by atoms with van der Waals surface area (Å²) in [5, 5.41) is 7.94. The van der Waals surface area contributed by atoms with Crippen LogP contribution >= 0.6 is 0 Å². The van der Waals surface area contributed by atoms with Crippen molar-refractivity contribution in [1.82, 2.24) is 15.0 Å². The number of para-hydroxylation sites is 1. The third kappa shape index (κ3) is 2.79. The molecule has 3 aromatic rings. The Bertz CT molecular complexity index is 843. The number of ether oxygens (including phenoxy) is 1. The Balaban J connectivity index is 1.90. The van der Waals surface area contributed by atoms with Crippen LogP contribution in [0.2, 0.25) is 0 Å². The Morgan fingerprint density at radius 2 is 1.79 bits per heavy atom. The number of benzene rings is 2. The Hall–Kier alpha value is -3.35. The fraction of sp³-hybridized carbons (Fsp3) is 0.118. The largest absolute Gasteiger partial charge is 0.497 e. The highest BCUT2D eigenvalue weighted by atomic mass is 16.5. The zero-order chi connectivity index (χ0) is 17.1. The molecule has 1 heterocycles. The summed E-state index contributed by atoms with van der Waals surface area (Å²) in [4.78, 5) is 14.1. The number of rotatable bonds is 4. The quantitative estimate of drug-likeness (QED) is 0.795. The van der Waals surface area contributed by atoms with Gasteiger partial charge in [-0.15, -0.1) is 5.10 Å². The van der Waals surface area contributed by atoms with Gasteiger partial charge in [-0.2, -0.15) is 4.68 Å². The smallest absolute Gasteiger partial charge is 0.282 e. The van der Waals surface area contributed by atoms with Crippen LogP contribution in [0.15, 0.2) is 54.6 Å². The molecule has 0 fully saturated rings. The molecule has 0 saturated carbocycles. The van der Waals surface area contributed by atoms with E-state index >= 15 is 0 Å². The maximum atomic E-state index is 12.6. The van der Waals surface area contributed by atoms with Crippen molar-refractivity contribution >= 4 is 17.4 Å². The van der Waals surface area contributed by atoms with Crippen LogP contribution in [0.1, 0.15) is 10.5 Å². The average Bonchev–Trinajstić information content (AvgIpc) is 3.02. The van der Waals surface area contributed by atoms with Crippen LogP contribution in [0.25, 0.3) is 5.69 Å². The maximum Gasteiger partial charge on any atom is 0.282 e. The summed E-state index contributed by atoms with van der Waals surface area (Å²) in [6, 6.07) is 16.4. The van der Waals surface area contributed by atoms with E-state index in [0.717, 1.165) is 11.4 Å². The number of hydrogen-bond donors (Lipinski definition) is 1. The Morgan fingerprint density at radius 1 is 1.12 bits per heavy atom. The number of nitrogens with zero attached hydrogens (tertiary/aromatic N) is 4. The minimum absolute atomic E-state index is 0.108. The van der Waals surface area contributed by atoms with Gasteiger partial charge in [0.05, 0.1) is 12.8 Å². The normalized spacial score (nSPS) is 10.4. The van der Waals surface area contributed by atoms with Gasteiger partial charge in [-0.3, -0.25) is 4.79 Å². The second-order valence-corrected chi connectivity index (χ2v) is 5.13. The highest BCUT2D eigenvalue weighted by Gasteiger charge is 2.22. The summed E-state index contributed by atoms with van der Waals surface area (Å²) in [6.07, 6.45) is 0. The van der Waals surface area contributed by atoms with Crippen molar-refractivity contribution in [3.63, 3.8) is 0 Å². The zero-order valence-corrected chi connectivity index (χ0v) is 13.4. The van der Waals surface area contributed by atoms with Gasteiger partial charge in [0.1, 0.15) is 5.75 Å². The van der Waals surface area contributed by atoms with Crippen molar-refractivity contribution in [3.05, 3.63) is 60.3 Å². The molecule has 7 nitrogen and oxygen atoms in total. The van der Waals surface area contributed by atoms with E-state index < -0.39 is 0 Å². The summed E-state index contributed by atoms with van der Waals surface area (Å²) in [5.74, 6) is 0.587. The van der Waals surface area contributed by atoms with Crippen molar-refractivity contribution in [3.8, 4) is 11.4 Å². The van der Waals surface area contributed by atoms with E-state index in [0.29, 0.717) is 5.69 Å². The molecule has 2 aromatic carbocycles. The first-order valence-electron chi connectivity index (χ1n) is 7.30. The molecule has 0 aliphatic carbocycles. The van der Waals surface area contributed by atoms with E-state index in [9.17, 15) is 4.79 Å². The molecule has 0 bridgehead atoms. The number of aromatic nitrogens is 3. The van der Waals surface area contributed by atoms with E-state index in [-0.39, 0.29) is 17.4 Å². The Kier molecular flexibility index (Phi) is 4.15. The van der Waals surface area contributed by atoms with Crippen LogP contribution in [-0.4, -0.2) is 35.1 Å².